The van der Waals surface area contributed by atoms with Gasteiger partial charge in [0, 0.05) is 18.5 Å². The van der Waals surface area contributed by atoms with E-state index in [0.29, 0.717) is 23.6 Å². The average Bonchev–Trinajstić information content (AvgIpc) is 3.42. The van der Waals surface area contributed by atoms with Gasteiger partial charge in [-0.2, -0.15) is 0 Å². The standard InChI is InChI=1S/C22H19N5O4.CH4/c1-26-17-9-15-7-8-30-18(15)10-19(17)31-12-16(22(26)29)24-21(28)20-23-13-27(25-20)11-14-5-3-2-4-6-14;/h2-10,13,16H,11-12H2,1H3,(H,24,28);1H4/t16-;/m0./s1. The number of fused-ring (bicyclic) bond motifs is 2. The molecule has 0 saturated carbocycles. The maximum absolute atomic E-state index is 13.0. The van der Waals surface area contributed by atoms with Crippen molar-refractivity contribution in [3.63, 3.8) is 0 Å². The third kappa shape index (κ3) is 3.92. The summed E-state index contributed by atoms with van der Waals surface area (Å²) in [6.07, 6.45) is 3.07. The molecule has 9 heteroatoms. The van der Waals surface area contributed by atoms with Crippen LogP contribution in [0.2, 0.25) is 0 Å². The quantitative estimate of drug-likeness (QED) is 0.531. The molecular formula is C23H23N5O4. The summed E-state index contributed by atoms with van der Waals surface area (Å²) in [7, 11) is 1.65. The third-order valence-corrected chi connectivity index (χ3v) is 5.16. The van der Waals surface area contributed by atoms with Gasteiger partial charge in [0.15, 0.2) is 0 Å². The number of anilines is 1. The van der Waals surface area contributed by atoms with Crippen molar-refractivity contribution in [2.45, 2.75) is 20.0 Å². The van der Waals surface area contributed by atoms with Gasteiger partial charge in [0.1, 0.15) is 30.3 Å². The number of amides is 2. The monoisotopic (exact) mass is 433 g/mol. The van der Waals surface area contributed by atoms with E-state index in [1.165, 1.54) is 11.2 Å². The SMILES string of the molecule is C.CN1C(=O)[C@@H](NC(=O)c2ncn(Cc3ccccc3)n2)COc2cc3occc3cc21. The minimum atomic E-state index is -0.878. The number of carbonyl (C=O) groups is 2. The molecule has 0 bridgehead atoms. The molecule has 1 aliphatic heterocycles. The lowest BCUT2D eigenvalue weighted by Gasteiger charge is -2.20. The molecule has 0 spiro atoms. The van der Waals surface area contributed by atoms with E-state index in [-0.39, 0.29) is 25.8 Å². The summed E-state index contributed by atoms with van der Waals surface area (Å²) >= 11 is 0. The molecule has 1 aliphatic rings. The van der Waals surface area contributed by atoms with Crippen molar-refractivity contribution >= 4 is 28.5 Å². The van der Waals surface area contributed by atoms with Gasteiger partial charge in [0.25, 0.3) is 11.8 Å². The number of carbonyl (C=O) groups excluding carboxylic acids is 2. The number of likely N-dealkylation sites (N-methyl/N-ethyl adjacent to an activating group) is 1. The van der Waals surface area contributed by atoms with E-state index in [0.717, 1.165) is 10.9 Å². The van der Waals surface area contributed by atoms with E-state index < -0.39 is 11.9 Å². The van der Waals surface area contributed by atoms with Crippen molar-refractivity contribution in [3.8, 4) is 5.75 Å². The minimum Gasteiger partial charge on any atom is -0.489 e. The first-order valence-corrected chi connectivity index (χ1v) is 9.74. The zero-order chi connectivity index (χ0) is 21.4. The highest BCUT2D eigenvalue weighted by molar-refractivity contribution is 6.03. The Balaban J connectivity index is 0.00000245. The van der Waals surface area contributed by atoms with Crippen LogP contribution in [0, 0.1) is 0 Å². The summed E-state index contributed by atoms with van der Waals surface area (Å²) in [6, 6.07) is 14.2. The Kier molecular flexibility index (Phi) is 5.63. The average molecular weight is 433 g/mol. The number of aromatic nitrogens is 3. The van der Waals surface area contributed by atoms with Crippen molar-refractivity contribution in [1.82, 2.24) is 20.1 Å². The fourth-order valence-corrected chi connectivity index (χ4v) is 3.52. The fourth-order valence-electron chi connectivity index (χ4n) is 3.52. The van der Waals surface area contributed by atoms with Crippen LogP contribution in [0.4, 0.5) is 5.69 Å². The van der Waals surface area contributed by atoms with Crippen molar-refractivity contribution < 1.29 is 18.7 Å². The third-order valence-electron chi connectivity index (χ3n) is 5.16. The number of nitrogens with one attached hydrogen (secondary N) is 1. The molecule has 0 fully saturated rings. The molecule has 2 aromatic heterocycles. The molecule has 4 aromatic rings. The normalized spacial score (nSPS) is 15.5. The molecule has 2 aromatic carbocycles. The summed E-state index contributed by atoms with van der Waals surface area (Å²) in [5.74, 6) is -0.327. The van der Waals surface area contributed by atoms with Gasteiger partial charge in [-0.3, -0.25) is 9.59 Å². The number of hydrogen-bond donors (Lipinski definition) is 1. The molecule has 3 heterocycles. The van der Waals surface area contributed by atoms with Crippen molar-refractivity contribution in [2.24, 2.45) is 0 Å². The van der Waals surface area contributed by atoms with Gasteiger partial charge in [0.2, 0.25) is 5.82 Å². The Hall–Kier alpha value is -4.14. The van der Waals surface area contributed by atoms with Crippen LogP contribution in [0.3, 0.4) is 0 Å². The molecule has 9 nitrogen and oxygen atoms in total. The van der Waals surface area contributed by atoms with Crippen LogP contribution >= 0.6 is 0 Å². The maximum Gasteiger partial charge on any atom is 0.291 e. The van der Waals surface area contributed by atoms with Gasteiger partial charge >= 0.3 is 0 Å². The number of nitrogens with zero attached hydrogens (tertiary/aromatic N) is 4. The van der Waals surface area contributed by atoms with E-state index in [4.69, 9.17) is 9.15 Å². The highest BCUT2D eigenvalue weighted by Gasteiger charge is 2.32. The maximum atomic E-state index is 13.0. The zero-order valence-corrected chi connectivity index (χ0v) is 16.7. The Morgan fingerprint density at radius 3 is 2.84 bits per heavy atom. The highest BCUT2D eigenvalue weighted by Crippen LogP contribution is 2.35. The van der Waals surface area contributed by atoms with Crippen LogP contribution in [-0.2, 0) is 11.3 Å². The Bertz CT molecular complexity index is 1260. The van der Waals surface area contributed by atoms with Gasteiger partial charge < -0.3 is 19.4 Å². The summed E-state index contributed by atoms with van der Waals surface area (Å²) in [5, 5.41) is 7.77. The first-order chi connectivity index (χ1) is 15.1. The van der Waals surface area contributed by atoms with Gasteiger partial charge in [0.05, 0.1) is 18.5 Å². The van der Waals surface area contributed by atoms with Gasteiger partial charge in [-0.05, 0) is 17.7 Å². The molecule has 5 rings (SSSR count). The number of furan rings is 1. The lowest BCUT2D eigenvalue weighted by atomic mass is 10.2. The zero-order valence-electron chi connectivity index (χ0n) is 16.7. The number of ether oxygens (including phenoxy) is 1. The lowest BCUT2D eigenvalue weighted by Crippen LogP contribution is -2.49. The predicted octanol–water partition coefficient (Wildman–Crippen LogP) is 2.86. The molecule has 0 radical (unpaired) electrons. The van der Waals surface area contributed by atoms with Crippen molar-refractivity contribution in [2.75, 3.05) is 18.6 Å². The first-order valence-electron chi connectivity index (χ1n) is 9.74. The van der Waals surface area contributed by atoms with E-state index in [1.807, 2.05) is 42.5 Å². The first kappa shape index (κ1) is 21.1. The molecule has 0 saturated heterocycles. The van der Waals surface area contributed by atoms with Crippen LogP contribution in [-0.4, -0.2) is 46.3 Å². The molecule has 2 amide bonds. The smallest absolute Gasteiger partial charge is 0.291 e. The van der Waals surface area contributed by atoms with E-state index in [1.54, 1.807) is 24.1 Å². The lowest BCUT2D eigenvalue weighted by molar-refractivity contribution is -0.120. The summed E-state index contributed by atoms with van der Waals surface area (Å²) in [4.78, 5) is 31.2. The second-order valence-corrected chi connectivity index (χ2v) is 7.26. The summed E-state index contributed by atoms with van der Waals surface area (Å²) in [5.41, 5.74) is 2.31. The topological polar surface area (TPSA) is 102 Å². The Morgan fingerprint density at radius 2 is 2.03 bits per heavy atom. The molecule has 0 unspecified atom stereocenters. The fraction of sp³-hybridized carbons (Fsp3) is 0.217. The van der Waals surface area contributed by atoms with E-state index in [9.17, 15) is 9.59 Å². The van der Waals surface area contributed by atoms with Crippen LogP contribution in [0.15, 0.2) is 65.5 Å². The number of benzene rings is 2. The minimum absolute atomic E-state index is 0. The Labute approximate surface area is 184 Å². The highest BCUT2D eigenvalue weighted by atomic mass is 16.5. The molecule has 1 N–H and O–H groups in total. The van der Waals surface area contributed by atoms with Gasteiger partial charge in [-0.15, -0.1) is 5.10 Å². The predicted molar refractivity (Wildman–Crippen MR) is 119 cm³/mol. The van der Waals surface area contributed by atoms with E-state index in [2.05, 4.69) is 15.4 Å². The van der Waals surface area contributed by atoms with Gasteiger partial charge in [-0.25, -0.2) is 9.67 Å². The summed E-state index contributed by atoms with van der Waals surface area (Å²) in [6.45, 7) is 0.477. The molecular weight excluding hydrogens is 410 g/mol. The van der Waals surface area contributed by atoms with Gasteiger partial charge in [-0.1, -0.05) is 37.8 Å². The second-order valence-electron chi connectivity index (χ2n) is 7.26. The number of rotatable bonds is 4. The largest absolute Gasteiger partial charge is 0.489 e. The van der Waals surface area contributed by atoms with E-state index >= 15 is 0 Å². The Morgan fingerprint density at radius 1 is 1.22 bits per heavy atom. The molecule has 32 heavy (non-hydrogen) atoms. The second kappa shape index (κ2) is 8.54. The molecule has 164 valence electrons. The number of hydrogen-bond acceptors (Lipinski definition) is 6. The molecule has 0 aliphatic carbocycles. The summed E-state index contributed by atoms with van der Waals surface area (Å²) < 4.78 is 12.8. The van der Waals surface area contributed by atoms with Crippen molar-refractivity contribution in [1.29, 1.82) is 0 Å². The van der Waals surface area contributed by atoms with Crippen LogP contribution in [0.1, 0.15) is 23.6 Å². The van der Waals surface area contributed by atoms with Crippen molar-refractivity contribution in [3.05, 3.63) is 72.5 Å². The van der Waals surface area contributed by atoms with Crippen LogP contribution < -0.4 is 15.0 Å². The van der Waals surface area contributed by atoms with Crippen LogP contribution in [0.5, 0.6) is 5.75 Å². The van der Waals surface area contributed by atoms with Crippen LogP contribution in [0.25, 0.3) is 11.0 Å². The molecule has 1 atom stereocenters.